The highest BCUT2D eigenvalue weighted by molar-refractivity contribution is 6.34. The van der Waals surface area contributed by atoms with Crippen molar-refractivity contribution in [2.75, 3.05) is 37.2 Å². The van der Waals surface area contributed by atoms with E-state index in [-0.39, 0.29) is 77.3 Å². The number of carboxylic acid groups (broad SMARTS) is 1. The number of alkyl halides is 3. The average Bonchev–Trinajstić information content (AvgIpc) is 3.68. The number of H-pyrrole nitrogens is 2. The maximum absolute atomic E-state index is 13.8. The molecule has 1 aliphatic rings. The molecular formula is C29H28ClF3N10O5. The molecule has 19 heteroatoms. The lowest BCUT2D eigenvalue weighted by molar-refractivity contribution is -0.142. The summed E-state index contributed by atoms with van der Waals surface area (Å²) in [6.07, 6.45) is -3.04. The van der Waals surface area contributed by atoms with Crippen LogP contribution in [0.3, 0.4) is 0 Å². The van der Waals surface area contributed by atoms with Crippen molar-refractivity contribution in [3.8, 4) is 11.4 Å². The molecule has 1 aliphatic heterocycles. The number of benzene rings is 1. The number of carbonyl (C=O) groups is 4. The number of carbonyl (C=O) groups excluding carboxylic acids is 3. The van der Waals surface area contributed by atoms with Gasteiger partial charge in [-0.2, -0.15) is 18.3 Å². The maximum atomic E-state index is 13.8. The van der Waals surface area contributed by atoms with Gasteiger partial charge in [0.25, 0.3) is 11.8 Å². The second kappa shape index (κ2) is 13.7. The van der Waals surface area contributed by atoms with Crippen LogP contribution in [0.25, 0.3) is 11.4 Å². The van der Waals surface area contributed by atoms with E-state index in [1.165, 1.54) is 52.5 Å². The number of piperazine rings is 1. The van der Waals surface area contributed by atoms with Crippen LogP contribution in [0.1, 0.15) is 44.3 Å². The monoisotopic (exact) mass is 688 g/mol. The average molecular weight is 689 g/mol. The molecule has 1 saturated heterocycles. The molecule has 3 aromatic heterocycles. The van der Waals surface area contributed by atoms with Gasteiger partial charge in [0.1, 0.15) is 11.4 Å². The van der Waals surface area contributed by atoms with Gasteiger partial charge in [-0.25, -0.2) is 4.98 Å². The van der Waals surface area contributed by atoms with Crippen LogP contribution in [-0.2, 0) is 22.2 Å². The molecule has 48 heavy (non-hydrogen) atoms. The summed E-state index contributed by atoms with van der Waals surface area (Å²) >= 11 is 6.38. The number of nitrogens with two attached hydrogens (primary N) is 2. The van der Waals surface area contributed by atoms with Gasteiger partial charge in [0, 0.05) is 55.7 Å². The van der Waals surface area contributed by atoms with Crippen molar-refractivity contribution in [2.45, 2.75) is 25.1 Å². The first-order valence-corrected chi connectivity index (χ1v) is 14.7. The van der Waals surface area contributed by atoms with Crippen molar-refractivity contribution >= 4 is 46.7 Å². The van der Waals surface area contributed by atoms with E-state index in [1.54, 1.807) is 0 Å². The summed E-state index contributed by atoms with van der Waals surface area (Å²) in [6, 6.07) is 5.96. The van der Waals surface area contributed by atoms with Gasteiger partial charge in [-0.3, -0.25) is 29.3 Å². The lowest BCUT2D eigenvalue weighted by Crippen LogP contribution is -2.54. The molecule has 1 fully saturated rings. The highest BCUT2D eigenvalue weighted by Gasteiger charge is 2.38. The Labute approximate surface area is 274 Å². The Kier molecular flexibility index (Phi) is 9.67. The highest BCUT2D eigenvalue weighted by atomic mass is 35.5. The van der Waals surface area contributed by atoms with E-state index in [9.17, 15) is 32.3 Å². The van der Waals surface area contributed by atoms with E-state index in [2.05, 4.69) is 25.4 Å². The minimum Gasteiger partial charge on any atom is -0.481 e. The number of anilines is 2. The number of amides is 3. The second-order valence-corrected chi connectivity index (χ2v) is 11.2. The Bertz CT molecular complexity index is 1850. The highest BCUT2D eigenvalue weighted by Crippen LogP contribution is 2.35. The zero-order valence-corrected chi connectivity index (χ0v) is 25.6. The third-order valence-corrected chi connectivity index (χ3v) is 7.75. The summed E-state index contributed by atoms with van der Waals surface area (Å²) in [6.45, 7) is 0.654. The number of imidazole rings is 1. The minimum atomic E-state index is -4.74. The van der Waals surface area contributed by atoms with Crippen LogP contribution in [-0.4, -0.2) is 96.0 Å². The van der Waals surface area contributed by atoms with Gasteiger partial charge in [-0.15, -0.1) is 0 Å². The Morgan fingerprint density at radius 1 is 1.04 bits per heavy atom. The molecule has 15 nitrogen and oxygen atoms in total. The van der Waals surface area contributed by atoms with Gasteiger partial charge in [-0.05, 0) is 30.3 Å². The van der Waals surface area contributed by atoms with Crippen molar-refractivity contribution in [1.29, 1.82) is 0 Å². The zero-order valence-electron chi connectivity index (χ0n) is 24.8. The molecule has 4 heterocycles. The number of halogens is 4. The van der Waals surface area contributed by atoms with Gasteiger partial charge >= 0.3 is 12.1 Å². The standard InChI is InChI=1S/C29H28ClF3N10O5/c30-19-10-15(2-3-17(19)27(47)42-5-7-43(8-6-42)28(48)20(35)11-22(44)45)39-26(46)25-37-13-16(38-25)9-18-23(21-4-1-14(34)12-36-21)40-41-24(18)29(31,32)33/h1-4,10,12-13,20H,5-9,11,34-35H2,(H,37,38)(H,39,46)(H,40,41)(H,44,45)/t20-/m0/s1. The van der Waals surface area contributed by atoms with Crippen LogP contribution in [0, 0.1) is 0 Å². The van der Waals surface area contributed by atoms with Crippen molar-refractivity contribution < 1.29 is 37.5 Å². The van der Waals surface area contributed by atoms with Crippen LogP contribution in [0.5, 0.6) is 0 Å². The maximum Gasteiger partial charge on any atom is 0.433 e. The number of hydrogen-bond donors (Lipinski definition) is 6. The fraction of sp³-hybridized carbons (Fsp3) is 0.276. The fourth-order valence-electron chi connectivity index (χ4n) is 5.05. The summed E-state index contributed by atoms with van der Waals surface area (Å²) in [5.41, 5.74) is 11.0. The number of carboxylic acids is 1. The molecule has 0 saturated carbocycles. The van der Waals surface area contributed by atoms with Crippen molar-refractivity contribution in [3.63, 3.8) is 0 Å². The summed E-state index contributed by atoms with van der Waals surface area (Å²) in [7, 11) is 0. The summed E-state index contributed by atoms with van der Waals surface area (Å²) in [4.78, 5) is 63.0. The van der Waals surface area contributed by atoms with Crippen LogP contribution < -0.4 is 16.8 Å². The summed E-state index contributed by atoms with van der Waals surface area (Å²) < 4.78 is 41.3. The molecule has 8 N–H and O–H groups in total. The largest absolute Gasteiger partial charge is 0.481 e. The van der Waals surface area contributed by atoms with E-state index >= 15 is 0 Å². The Balaban J connectivity index is 1.23. The molecule has 0 radical (unpaired) electrons. The Hall–Kier alpha value is -5.49. The van der Waals surface area contributed by atoms with Gasteiger partial charge in [0.15, 0.2) is 5.82 Å². The smallest absolute Gasteiger partial charge is 0.433 e. The quantitative estimate of drug-likeness (QED) is 0.150. The first kappa shape index (κ1) is 33.9. The number of nitrogens with zero attached hydrogens (tertiary/aromatic N) is 5. The van der Waals surface area contributed by atoms with Crippen molar-refractivity contribution in [2.24, 2.45) is 5.73 Å². The summed E-state index contributed by atoms with van der Waals surface area (Å²) in [5.74, 6) is -3.04. The normalized spacial score (nSPS) is 14.1. The number of nitrogens with one attached hydrogen (secondary N) is 3. The van der Waals surface area contributed by atoms with E-state index in [4.69, 9.17) is 28.2 Å². The molecule has 1 atom stereocenters. The molecule has 0 bridgehead atoms. The molecule has 4 aromatic rings. The lowest BCUT2D eigenvalue weighted by atomic mass is 10.0. The van der Waals surface area contributed by atoms with Gasteiger partial charge < -0.3 is 36.7 Å². The fourth-order valence-corrected chi connectivity index (χ4v) is 5.31. The molecule has 3 amide bonds. The number of aromatic nitrogens is 5. The van der Waals surface area contributed by atoms with Crippen molar-refractivity contribution in [1.82, 2.24) is 34.9 Å². The molecule has 5 rings (SSSR count). The van der Waals surface area contributed by atoms with Crippen LogP contribution in [0.15, 0.2) is 42.7 Å². The summed E-state index contributed by atoms with van der Waals surface area (Å²) in [5, 5.41) is 17.3. The number of rotatable bonds is 9. The van der Waals surface area contributed by atoms with Gasteiger partial charge in [0.05, 0.1) is 40.6 Å². The molecule has 0 unspecified atom stereocenters. The predicted octanol–water partition coefficient (Wildman–Crippen LogP) is 2.38. The van der Waals surface area contributed by atoms with E-state index in [0.29, 0.717) is 5.69 Å². The van der Waals surface area contributed by atoms with Crippen molar-refractivity contribution in [3.05, 3.63) is 76.1 Å². The number of nitrogen functional groups attached to an aromatic ring is 1. The topological polar surface area (TPSA) is 229 Å². The Morgan fingerprint density at radius 3 is 2.38 bits per heavy atom. The van der Waals surface area contributed by atoms with Crippen LogP contribution in [0.4, 0.5) is 24.5 Å². The van der Waals surface area contributed by atoms with E-state index in [0.717, 1.165) is 0 Å². The van der Waals surface area contributed by atoms with Gasteiger partial charge in [0.2, 0.25) is 5.91 Å². The molecule has 252 valence electrons. The first-order chi connectivity index (χ1) is 22.7. The van der Waals surface area contributed by atoms with Gasteiger partial charge in [-0.1, -0.05) is 11.6 Å². The molecule has 0 spiro atoms. The molecular weight excluding hydrogens is 661 g/mol. The SMILES string of the molecule is Nc1ccc(-c2n[nH]c(C(F)(F)F)c2Cc2cnc(C(=O)Nc3ccc(C(=O)N4CCN(C(=O)[C@@H](N)CC(=O)O)CC4)c(Cl)c3)[nH]2)nc1. The van der Waals surface area contributed by atoms with E-state index in [1.807, 2.05) is 5.10 Å². The predicted molar refractivity (Wildman–Crippen MR) is 165 cm³/mol. The molecule has 1 aromatic carbocycles. The number of pyridine rings is 1. The first-order valence-electron chi connectivity index (χ1n) is 14.3. The van der Waals surface area contributed by atoms with Crippen LogP contribution in [0.2, 0.25) is 5.02 Å². The second-order valence-electron chi connectivity index (χ2n) is 10.8. The van der Waals surface area contributed by atoms with Crippen LogP contribution >= 0.6 is 11.6 Å². The van der Waals surface area contributed by atoms with E-state index < -0.39 is 48.0 Å². The lowest BCUT2D eigenvalue weighted by Gasteiger charge is -2.36. The number of hydrogen-bond acceptors (Lipinski definition) is 9. The zero-order chi connectivity index (χ0) is 34.7. The Morgan fingerprint density at radius 2 is 1.75 bits per heavy atom. The minimum absolute atomic E-state index is 0.0309. The third-order valence-electron chi connectivity index (χ3n) is 7.44. The molecule has 0 aliphatic carbocycles. The number of aromatic amines is 2. The number of aliphatic carboxylic acids is 1. The third kappa shape index (κ3) is 7.55.